The van der Waals surface area contributed by atoms with Crippen molar-refractivity contribution >= 4 is 0 Å². The Balaban J connectivity index is 2.25. The van der Waals surface area contributed by atoms with Crippen molar-refractivity contribution in [2.45, 2.75) is 6.54 Å². The lowest BCUT2D eigenvalue weighted by molar-refractivity contribution is 0.161. The molecule has 4 nitrogen and oxygen atoms in total. The van der Waals surface area contributed by atoms with Crippen LogP contribution in [0.4, 0.5) is 0 Å². The molecule has 0 spiro atoms. The van der Waals surface area contributed by atoms with Crippen molar-refractivity contribution in [3.05, 3.63) is 48.3 Å². The first-order chi connectivity index (χ1) is 6.90. The highest BCUT2D eigenvalue weighted by molar-refractivity contribution is 5.30. The van der Waals surface area contributed by atoms with Gasteiger partial charge in [-0.2, -0.15) is 5.10 Å². The minimum Gasteiger partial charge on any atom is -0.316 e. The molecule has 1 aromatic heterocycles. The molecule has 14 heavy (non-hydrogen) atoms. The summed E-state index contributed by atoms with van der Waals surface area (Å²) in [4.78, 5) is 0. The van der Waals surface area contributed by atoms with Crippen LogP contribution in [0.25, 0.3) is 5.69 Å². The van der Waals surface area contributed by atoms with E-state index < -0.39 is 0 Å². The second-order valence-corrected chi connectivity index (χ2v) is 2.96. The lowest BCUT2D eigenvalue weighted by Crippen LogP contribution is -2.04. The van der Waals surface area contributed by atoms with E-state index >= 15 is 0 Å². The van der Waals surface area contributed by atoms with Crippen LogP contribution in [0.2, 0.25) is 0 Å². The molecule has 2 rings (SSSR count). The average Bonchev–Trinajstić information content (AvgIpc) is 2.68. The van der Waals surface area contributed by atoms with E-state index in [0.717, 1.165) is 11.3 Å². The summed E-state index contributed by atoms with van der Waals surface area (Å²) in [5, 5.41) is 12.7. The Morgan fingerprint density at radius 2 is 2.07 bits per heavy atom. The number of aromatic nitrogens is 2. The highest BCUT2D eigenvalue weighted by Crippen LogP contribution is 2.06. The predicted molar refractivity (Wildman–Crippen MR) is 52.2 cm³/mol. The summed E-state index contributed by atoms with van der Waals surface area (Å²) in [6.07, 6.45) is 3.59. The monoisotopic (exact) mass is 189 g/mol. The lowest BCUT2D eigenvalue weighted by Gasteiger charge is -1.98. The Bertz CT molecular complexity index is 397. The van der Waals surface area contributed by atoms with Crippen LogP contribution in [0.3, 0.4) is 0 Å². The van der Waals surface area contributed by atoms with Gasteiger partial charge in [-0.15, -0.1) is 0 Å². The minimum atomic E-state index is 0.410. The van der Waals surface area contributed by atoms with Crippen molar-refractivity contribution in [1.29, 1.82) is 0 Å². The van der Waals surface area contributed by atoms with Crippen LogP contribution < -0.4 is 5.48 Å². The van der Waals surface area contributed by atoms with Gasteiger partial charge in [-0.1, -0.05) is 18.2 Å². The maximum absolute atomic E-state index is 8.51. The van der Waals surface area contributed by atoms with Gasteiger partial charge in [0.2, 0.25) is 0 Å². The van der Waals surface area contributed by atoms with Gasteiger partial charge in [0.05, 0.1) is 11.9 Å². The number of hydrogen-bond donors (Lipinski definition) is 2. The molecule has 72 valence electrons. The van der Waals surface area contributed by atoms with Crippen molar-refractivity contribution < 1.29 is 5.21 Å². The lowest BCUT2D eigenvalue weighted by atomic mass is 10.3. The molecule has 0 saturated heterocycles. The standard InChI is InChI=1S/C10H11N3O/c14-12-7-9-6-11-13(8-9)10-4-2-1-3-5-10/h1-6,8,12,14H,7H2. The number of nitrogens with zero attached hydrogens (tertiary/aromatic N) is 2. The molecule has 1 aromatic carbocycles. The van der Waals surface area contributed by atoms with Crippen LogP contribution in [-0.2, 0) is 6.54 Å². The highest BCUT2D eigenvalue weighted by atomic mass is 16.5. The number of hydrogen-bond acceptors (Lipinski definition) is 3. The molecular weight excluding hydrogens is 178 g/mol. The van der Waals surface area contributed by atoms with Crippen LogP contribution in [0.15, 0.2) is 42.7 Å². The first-order valence-corrected chi connectivity index (χ1v) is 4.36. The van der Waals surface area contributed by atoms with E-state index in [2.05, 4.69) is 10.6 Å². The summed E-state index contributed by atoms with van der Waals surface area (Å²) < 4.78 is 1.77. The molecule has 0 unspecified atom stereocenters. The van der Waals surface area contributed by atoms with E-state index in [4.69, 9.17) is 5.21 Å². The summed E-state index contributed by atoms with van der Waals surface area (Å²) in [5.41, 5.74) is 4.05. The smallest absolute Gasteiger partial charge is 0.0645 e. The molecule has 0 radical (unpaired) electrons. The average molecular weight is 189 g/mol. The van der Waals surface area contributed by atoms with Crippen molar-refractivity contribution in [3.8, 4) is 5.69 Å². The molecule has 0 fully saturated rings. The Morgan fingerprint density at radius 3 is 2.79 bits per heavy atom. The van der Waals surface area contributed by atoms with E-state index in [9.17, 15) is 0 Å². The van der Waals surface area contributed by atoms with Crippen molar-refractivity contribution in [3.63, 3.8) is 0 Å². The molecule has 0 atom stereocenters. The van der Waals surface area contributed by atoms with Gasteiger partial charge >= 0.3 is 0 Å². The quantitative estimate of drug-likeness (QED) is 0.716. The fourth-order valence-electron chi connectivity index (χ4n) is 1.26. The third-order valence-corrected chi connectivity index (χ3v) is 1.94. The molecule has 0 aliphatic rings. The zero-order chi connectivity index (χ0) is 9.80. The third kappa shape index (κ3) is 1.81. The van der Waals surface area contributed by atoms with Crippen LogP contribution in [0.5, 0.6) is 0 Å². The molecule has 2 aromatic rings. The highest BCUT2D eigenvalue weighted by Gasteiger charge is 1.98. The maximum Gasteiger partial charge on any atom is 0.0645 e. The Hall–Kier alpha value is -1.65. The number of hydroxylamine groups is 1. The molecular formula is C10H11N3O. The van der Waals surface area contributed by atoms with Crippen molar-refractivity contribution in [1.82, 2.24) is 15.3 Å². The summed E-state index contributed by atoms with van der Waals surface area (Å²) in [5.74, 6) is 0. The molecule has 0 bridgehead atoms. The second-order valence-electron chi connectivity index (χ2n) is 2.96. The van der Waals surface area contributed by atoms with Crippen LogP contribution >= 0.6 is 0 Å². The Kier molecular flexibility index (Phi) is 2.58. The van der Waals surface area contributed by atoms with Crippen molar-refractivity contribution in [2.75, 3.05) is 0 Å². The van der Waals surface area contributed by atoms with Gasteiger partial charge in [-0.3, -0.25) is 0 Å². The SMILES string of the molecule is ONCc1cnn(-c2ccccc2)c1. The minimum absolute atomic E-state index is 0.410. The van der Waals surface area contributed by atoms with E-state index in [1.165, 1.54) is 0 Å². The fourth-order valence-corrected chi connectivity index (χ4v) is 1.26. The largest absolute Gasteiger partial charge is 0.316 e. The van der Waals surface area contributed by atoms with Crippen LogP contribution in [-0.4, -0.2) is 15.0 Å². The summed E-state index contributed by atoms with van der Waals surface area (Å²) in [7, 11) is 0. The zero-order valence-corrected chi connectivity index (χ0v) is 7.59. The molecule has 1 heterocycles. The second kappa shape index (κ2) is 4.04. The van der Waals surface area contributed by atoms with Gasteiger partial charge in [0.15, 0.2) is 0 Å². The fraction of sp³-hybridized carbons (Fsp3) is 0.100. The molecule has 0 saturated carbocycles. The normalized spacial score (nSPS) is 10.4. The molecule has 0 aliphatic carbocycles. The van der Waals surface area contributed by atoms with E-state index in [0.29, 0.717) is 6.54 Å². The van der Waals surface area contributed by atoms with Gasteiger partial charge in [0, 0.05) is 18.3 Å². The van der Waals surface area contributed by atoms with E-state index in [1.807, 2.05) is 36.5 Å². The van der Waals surface area contributed by atoms with Gasteiger partial charge in [-0.05, 0) is 12.1 Å². The van der Waals surface area contributed by atoms with Gasteiger partial charge in [0.25, 0.3) is 0 Å². The van der Waals surface area contributed by atoms with Gasteiger partial charge in [-0.25, -0.2) is 10.2 Å². The topological polar surface area (TPSA) is 50.1 Å². The van der Waals surface area contributed by atoms with Crippen molar-refractivity contribution in [2.24, 2.45) is 0 Å². The third-order valence-electron chi connectivity index (χ3n) is 1.94. The van der Waals surface area contributed by atoms with Gasteiger partial charge in [0.1, 0.15) is 0 Å². The Morgan fingerprint density at radius 1 is 1.29 bits per heavy atom. The molecule has 4 heteroatoms. The first kappa shape index (κ1) is 8.93. The molecule has 0 amide bonds. The summed E-state index contributed by atoms with van der Waals surface area (Å²) >= 11 is 0. The maximum atomic E-state index is 8.51. The van der Waals surface area contributed by atoms with Crippen LogP contribution in [0.1, 0.15) is 5.56 Å². The van der Waals surface area contributed by atoms with E-state index in [1.54, 1.807) is 10.9 Å². The van der Waals surface area contributed by atoms with E-state index in [-0.39, 0.29) is 0 Å². The number of nitrogens with one attached hydrogen (secondary N) is 1. The molecule has 0 aliphatic heterocycles. The van der Waals surface area contributed by atoms with Crippen LogP contribution in [0, 0.1) is 0 Å². The zero-order valence-electron chi connectivity index (χ0n) is 7.59. The Labute approximate surface area is 81.8 Å². The number of para-hydroxylation sites is 1. The molecule has 2 N–H and O–H groups in total. The van der Waals surface area contributed by atoms with Gasteiger partial charge < -0.3 is 5.21 Å². The first-order valence-electron chi connectivity index (χ1n) is 4.36. The number of rotatable bonds is 3. The summed E-state index contributed by atoms with van der Waals surface area (Å²) in [6, 6.07) is 9.83. The summed E-state index contributed by atoms with van der Waals surface area (Å²) in [6.45, 7) is 0.410. The predicted octanol–water partition coefficient (Wildman–Crippen LogP) is 1.35. The number of benzene rings is 1.